The van der Waals surface area contributed by atoms with Crippen molar-refractivity contribution in [3.63, 3.8) is 0 Å². The molecular weight excluding hydrogens is 526 g/mol. The first-order valence-corrected chi connectivity index (χ1v) is 10.5. The lowest BCUT2D eigenvalue weighted by molar-refractivity contribution is -0.0172. The van der Waals surface area contributed by atoms with Gasteiger partial charge in [0.15, 0.2) is 12.8 Å². The van der Waals surface area contributed by atoms with Crippen LogP contribution in [0.3, 0.4) is 0 Å². The highest BCUT2D eigenvalue weighted by molar-refractivity contribution is 14.0. The van der Waals surface area contributed by atoms with Crippen molar-refractivity contribution >= 4 is 35.6 Å². The normalized spacial score (nSPS) is 17.8. The Morgan fingerprint density at radius 2 is 2.16 bits per heavy atom. The van der Waals surface area contributed by atoms with Crippen LogP contribution in [0.25, 0.3) is 0 Å². The number of aliphatic imine (C=N–C) groups is 1. The molecule has 9 heteroatoms. The number of anilines is 1. The highest BCUT2D eigenvalue weighted by Crippen LogP contribution is 2.31. The highest BCUT2D eigenvalue weighted by Gasteiger charge is 2.25. The third-order valence-electron chi connectivity index (χ3n) is 5.62. The molecule has 1 fully saturated rings. The average Bonchev–Trinajstić information content (AvgIpc) is 3.26. The van der Waals surface area contributed by atoms with Gasteiger partial charge in [-0.3, -0.25) is 4.99 Å². The largest absolute Gasteiger partial charge is 0.495 e. The summed E-state index contributed by atoms with van der Waals surface area (Å²) in [7, 11) is 3.46. The molecule has 1 atom stereocenters. The number of fused-ring (bicyclic) bond motifs is 1. The summed E-state index contributed by atoms with van der Waals surface area (Å²) in [5, 5.41) is 6.83. The molecule has 0 saturated carbocycles. The van der Waals surface area contributed by atoms with E-state index in [1.54, 1.807) is 14.2 Å². The summed E-state index contributed by atoms with van der Waals surface area (Å²) >= 11 is 0. The number of benzene rings is 2. The minimum absolute atomic E-state index is 0. The molecule has 2 aromatic rings. The number of nitrogens with zero attached hydrogens (tertiary/aromatic N) is 2. The van der Waals surface area contributed by atoms with Crippen molar-refractivity contribution in [2.24, 2.45) is 4.99 Å². The summed E-state index contributed by atoms with van der Waals surface area (Å²) < 4.78 is 30.3. The van der Waals surface area contributed by atoms with Crippen molar-refractivity contribution < 1.29 is 18.6 Å². The first-order valence-electron chi connectivity index (χ1n) is 10.5. The number of halogens is 2. The molecule has 1 saturated heterocycles. The van der Waals surface area contributed by atoms with Crippen LogP contribution in [-0.4, -0.2) is 52.6 Å². The van der Waals surface area contributed by atoms with Gasteiger partial charge in [-0.05, 0) is 42.7 Å². The van der Waals surface area contributed by atoms with Crippen molar-refractivity contribution in [1.29, 1.82) is 0 Å². The Morgan fingerprint density at radius 1 is 1.31 bits per heavy atom. The maximum atomic E-state index is 13.9. The van der Waals surface area contributed by atoms with Gasteiger partial charge in [-0.15, -0.1) is 24.0 Å². The monoisotopic (exact) mass is 556 g/mol. The second-order valence-electron chi connectivity index (χ2n) is 7.66. The first-order chi connectivity index (χ1) is 15.2. The van der Waals surface area contributed by atoms with E-state index < -0.39 is 0 Å². The zero-order chi connectivity index (χ0) is 21.6. The van der Waals surface area contributed by atoms with Crippen molar-refractivity contribution in [3.05, 3.63) is 53.3 Å². The number of nitrogens with one attached hydrogen (secondary N) is 2. The fourth-order valence-corrected chi connectivity index (χ4v) is 4.13. The van der Waals surface area contributed by atoms with E-state index in [2.05, 4.69) is 26.6 Å². The van der Waals surface area contributed by atoms with E-state index in [4.69, 9.17) is 14.2 Å². The molecule has 0 aromatic heterocycles. The quantitative estimate of drug-likeness (QED) is 0.324. The van der Waals surface area contributed by atoms with Crippen molar-refractivity contribution in [2.45, 2.75) is 25.5 Å². The standard InChI is InChI=1S/C23H29FN4O3.HI/c1-25-23(26-9-7-16-11-18(24)12-17-14-30-15-31-22(16)17)27-19-8-10-28(13-19)20-5-3-4-6-21(20)29-2;/h3-6,11-12,19H,7-10,13-15H2,1-2H3,(H2,25,26,27);1H. The van der Waals surface area contributed by atoms with Crippen LogP contribution >= 0.6 is 24.0 Å². The van der Waals surface area contributed by atoms with Crippen LogP contribution in [0.1, 0.15) is 17.5 Å². The lowest BCUT2D eigenvalue weighted by atomic mass is 10.1. The maximum Gasteiger partial charge on any atom is 0.191 e. The van der Waals surface area contributed by atoms with Crippen LogP contribution in [0.15, 0.2) is 41.4 Å². The van der Waals surface area contributed by atoms with Gasteiger partial charge >= 0.3 is 0 Å². The van der Waals surface area contributed by atoms with Crippen LogP contribution in [0, 0.1) is 5.82 Å². The Bertz CT molecular complexity index is 943. The van der Waals surface area contributed by atoms with E-state index in [0.29, 0.717) is 19.6 Å². The molecular formula is C23H30FIN4O3. The van der Waals surface area contributed by atoms with Gasteiger partial charge < -0.3 is 29.7 Å². The SMILES string of the molecule is CN=C(NCCc1cc(F)cc2c1OCOC2)NC1CCN(c2ccccc2OC)C1.I. The molecule has 174 valence electrons. The Kier molecular flexibility index (Phi) is 8.80. The number of methoxy groups -OCH3 is 1. The Hall–Kier alpha value is -2.27. The third-order valence-corrected chi connectivity index (χ3v) is 5.62. The van der Waals surface area contributed by atoms with E-state index in [1.165, 1.54) is 12.1 Å². The number of hydrogen-bond acceptors (Lipinski definition) is 5. The molecule has 0 aliphatic carbocycles. The number of ether oxygens (including phenoxy) is 3. The number of hydrogen-bond donors (Lipinski definition) is 2. The van der Waals surface area contributed by atoms with Gasteiger partial charge in [0.1, 0.15) is 17.3 Å². The lowest BCUT2D eigenvalue weighted by Crippen LogP contribution is -2.45. The molecule has 2 aliphatic rings. The number of guanidine groups is 1. The fourth-order valence-electron chi connectivity index (χ4n) is 4.13. The minimum atomic E-state index is -0.271. The molecule has 32 heavy (non-hydrogen) atoms. The van der Waals surface area contributed by atoms with Crippen molar-refractivity contribution in [3.8, 4) is 11.5 Å². The maximum absolute atomic E-state index is 13.9. The molecule has 0 spiro atoms. The van der Waals surface area contributed by atoms with Gasteiger partial charge in [0.05, 0.1) is 19.4 Å². The zero-order valence-electron chi connectivity index (χ0n) is 18.4. The smallest absolute Gasteiger partial charge is 0.191 e. The van der Waals surface area contributed by atoms with E-state index in [9.17, 15) is 4.39 Å². The second-order valence-corrected chi connectivity index (χ2v) is 7.66. The topological polar surface area (TPSA) is 67.4 Å². The van der Waals surface area contributed by atoms with Crippen LogP contribution in [0.4, 0.5) is 10.1 Å². The van der Waals surface area contributed by atoms with E-state index in [0.717, 1.165) is 53.8 Å². The third kappa shape index (κ3) is 5.74. The fraction of sp³-hybridized carbons (Fsp3) is 0.435. The van der Waals surface area contributed by atoms with Crippen LogP contribution < -0.4 is 25.0 Å². The highest BCUT2D eigenvalue weighted by atomic mass is 127. The molecule has 2 aromatic carbocycles. The number of rotatable bonds is 6. The van der Waals surface area contributed by atoms with E-state index in [-0.39, 0.29) is 42.6 Å². The van der Waals surface area contributed by atoms with Crippen LogP contribution in [0.2, 0.25) is 0 Å². The summed E-state index contributed by atoms with van der Waals surface area (Å²) in [4.78, 5) is 6.67. The van der Waals surface area contributed by atoms with Crippen molar-refractivity contribution in [1.82, 2.24) is 10.6 Å². The Labute approximate surface area is 205 Å². The van der Waals surface area contributed by atoms with E-state index >= 15 is 0 Å². The minimum Gasteiger partial charge on any atom is -0.495 e. The molecule has 4 rings (SSSR count). The van der Waals surface area contributed by atoms with E-state index in [1.807, 2.05) is 18.2 Å². The summed E-state index contributed by atoms with van der Waals surface area (Å²) in [5.74, 6) is 2.09. The summed E-state index contributed by atoms with van der Waals surface area (Å²) in [5.41, 5.74) is 2.70. The molecule has 0 bridgehead atoms. The van der Waals surface area contributed by atoms with Gasteiger partial charge in [0.2, 0.25) is 0 Å². The summed E-state index contributed by atoms with van der Waals surface area (Å²) in [6.07, 6.45) is 1.63. The molecule has 7 nitrogen and oxygen atoms in total. The first kappa shape index (κ1) is 24.4. The predicted octanol–water partition coefficient (Wildman–Crippen LogP) is 3.31. The Morgan fingerprint density at radius 3 is 2.97 bits per heavy atom. The zero-order valence-corrected chi connectivity index (χ0v) is 20.7. The van der Waals surface area contributed by atoms with Gasteiger partial charge in [0, 0.05) is 38.3 Å². The summed E-state index contributed by atoms with van der Waals surface area (Å²) in [6, 6.07) is 11.4. The molecule has 2 aliphatic heterocycles. The molecule has 1 unspecified atom stereocenters. The second kappa shape index (κ2) is 11.6. The molecule has 2 N–H and O–H groups in total. The van der Waals surface area contributed by atoms with Gasteiger partial charge in [0.25, 0.3) is 0 Å². The van der Waals surface area contributed by atoms with Crippen molar-refractivity contribution in [2.75, 3.05) is 45.5 Å². The average molecular weight is 556 g/mol. The Balaban J connectivity index is 0.00000289. The van der Waals surface area contributed by atoms with Gasteiger partial charge in [-0.2, -0.15) is 0 Å². The van der Waals surface area contributed by atoms with Crippen LogP contribution in [0.5, 0.6) is 11.5 Å². The van der Waals surface area contributed by atoms with Gasteiger partial charge in [-0.25, -0.2) is 4.39 Å². The molecule has 2 heterocycles. The van der Waals surface area contributed by atoms with Gasteiger partial charge in [-0.1, -0.05) is 12.1 Å². The predicted molar refractivity (Wildman–Crippen MR) is 134 cm³/mol. The van der Waals surface area contributed by atoms with Crippen LogP contribution in [-0.2, 0) is 17.8 Å². The summed E-state index contributed by atoms with van der Waals surface area (Å²) in [6.45, 7) is 3.01. The molecule has 0 radical (unpaired) electrons. The molecule has 0 amide bonds. The number of para-hydroxylation sites is 2. The lowest BCUT2D eigenvalue weighted by Gasteiger charge is -2.22.